The maximum Gasteiger partial charge on any atom is 0.256 e. The van der Waals surface area contributed by atoms with Gasteiger partial charge in [0, 0.05) is 23.3 Å². The van der Waals surface area contributed by atoms with Gasteiger partial charge >= 0.3 is 0 Å². The van der Waals surface area contributed by atoms with E-state index in [1.807, 2.05) is 6.92 Å². The molecule has 1 aliphatic heterocycles. The van der Waals surface area contributed by atoms with E-state index in [1.165, 1.54) is 6.07 Å². The van der Waals surface area contributed by atoms with Crippen LogP contribution in [0.2, 0.25) is 5.02 Å². The SMILES string of the molecule is CCN(C(=O)c1ccc(Cl)cc1N)C1CCS(=O)(=O)C1. The Balaban J connectivity index is 2.26. The van der Waals surface area contributed by atoms with Gasteiger partial charge in [0.2, 0.25) is 0 Å². The molecule has 1 heterocycles. The lowest BCUT2D eigenvalue weighted by molar-refractivity contribution is 0.0709. The van der Waals surface area contributed by atoms with Crippen LogP contribution in [0.15, 0.2) is 18.2 Å². The molecule has 0 aliphatic carbocycles. The van der Waals surface area contributed by atoms with Crippen LogP contribution in [0.1, 0.15) is 23.7 Å². The highest BCUT2D eigenvalue weighted by Gasteiger charge is 2.34. The van der Waals surface area contributed by atoms with Crippen molar-refractivity contribution in [3.63, 3.8) is 0 Å². The largest absolute Gasteiger partial charge is 0.398 e. The van der Waals surface area contributed by atoms with Gasteiger partial charge in [0.1, 0.15) is 0 Å². The molecule has 5 nitrogen and oxygen atoms in total. The van der Waals surface area contributed by atoms with E-state index in [4.69, 9.17) is 17.3 Å². The van der Waals surface area contributed by atoms with Crippen LogP contribution in [0.5, 0.6) is 0 Å². The van der Waals surface area contributed by atoms with Gasteiger partial charge in [-0.25, -0.2) is 8.42 Å². The van der Waals surface area contributed by atoms with Gasteiger partial charge in [0.15, 0.2) is 9.84 Å². The third kappa shape index (κ3) is 3.07. The number of sulfone groups is 1. The van der Waals surface area contributed by atoms with Crippen LogP contribution in [-0.2, 0) is 9.84 Å². The van der Waals surface area contributed by atoms with Crippen LogP contribution in [0, 0.1) is 0 Å². The number of nitrogens with zero attached hydrogens (tertiary/aromatic N) is 1. The molecule has 1 aromatic rings. The van der Waals surface area contributed by atoms with E-state index in [0.717, 1.165) is 0 Å². The topological polar surface area (TPSA) is 80.5 Å². The summed E-state index contributed by atoms with van der Waals surface area (Å²) in [7, 11) is -3.03. The van der Waals surface area contributed by atoms with Gasteiger partial charge in [0.05, 0.1) is 17.1 Å². The lowest BCUT2D eigenvalue weighted by Crippen LogP contribution is -2.41. The Morgan fingerprint density at radius 2 is 2.20 bits per heavy atom. The van der Waals surface area contributed by atoms with Gasteiger partial charge in [-0.05, 0) is 31.5 Å². The van der Waals surface area contributed by atoms with Crippen molar-refractivity contribution in [1.29, 1.82) is 0 Å². The molecule has 2 rings (SSSR count). The molecule has 2 N–H and O–H groups in total. The molecule has 1 saturated heterocycles. The summed E-state index contributed by atoms with van der Waals surface area (Å²) in [4.78, 5) is 14.1. The molecule has 1 unspecified atom stereocenters. The number of anilines is 1. The second-order valence-corrected chi connectivity index (χ2v) is 7.54. The molecule has 1 aromatic carbocycles. The van der Waals surface area contributed by atoms with Gasteiger partial charge in [0.25, 0.3) is 5.91 Å². The highest BCUT2D eigenvalue weighted by Crippen LogP contribution is 2.23. The van der Waals surface area contributed by atoms with E-state index in [2.05, 4.69) is 0 Å². The van der Waals surface area contributed by atoms with Gasteiger partial charge in [-0.2, -0.15) is 0 Å². The van der Waals surface area contributed by atoms with Gasteiger partial charge in [-0.15, -0.1) is 0 Å². The number of halogens is 1. The quantitative estimate of drug-likeness (QED) is 0.858. The molecule has 110 valence electrons. The summed E-state index contributed by atoms with van der Waals surface area (Å²) in [6.07, 6.45) is 0.482. The first-order valence-corrected chi connectivity index (χ1v) is 8.60. The predicted octanol–water partition coefficient (Wildman–Crippen LogP) is 1.57. The molecule has 0 radical (unpaired) electrons. The second-order valence-electron chi connectivity index (χ2n) is 4.88. The summed E-state index contributed by atoms with van der Waals surface area (Å²) in [6.45, 7) is 2.27. The zero-order valence-electron chi connectivity index (χ0n) is 11.2. The number of carbonyl (C=O) groups excluding carboxylic acids is 1. The molecule has 0 aromatic heterocycles. The lowest BCUT2D eigenvalue weighted by Gasteiger charge is -2.27. The fraction of sp³-hybridized carbons (Fsp3) is 0.462. The van der Waals surface area contributed by atoms with E-state index in [-0.39, 0.29) is 23.5 Å². The van der Waals surface area contributed by atoms with E-state index < -0.39 is 9.84 Å². The zero-order valence-corrected chi connectivity index (χ0v) is 12.7. The first-order chi connectivity index (χ1) is 9.34. The zero-order chi connectivity index (χ0) is 14.9. The number of nitrogens with two attached hydrogens (primary N) is 1. The van der Waals surface area contributed by atoms with E-state index in [1.54, 1.807) is 17.0 Å². The van der Waals surface area contributed by atoms with Crippen molar-refractivity contribution in [2.24, 2.45) is 0 Å². The van der Waals surface area contributed by atoms with Gasteiger partial charge in [-0.1, -0.05) is 11.6 Å². The standard InChI is InChI=1S/C13H17ClN2O3S/c1-2-16(10-5-6-20(18,19)8-10)13(17)11-4-3-9(14)7-12(11)15/h3-4,7,10H,2,5-6,8,15H2,1H3. The van der Waals surface area contributed by atoms with Gasteiger partial charge in [-0.3, -0.25) is 4.79 Å². The van der Waals surface area contributed by atoms with Crippen molar-refractivity contribution < 1.29 is 13.2 Å². The van der Waals surface area contributed by atoms with Crippen molar-refractivity contribution >= 4 is 33.0 Å². The van der Waals surface area contributed by atoms with Crippen LogP contribution in [0.3, 0.4) is 0 Å². The smallest absolute Gasteiger partial charge is 0.256 e. The van der Waals surface area contributed by atoms with Crippen molar-refractivity contribution in [1.82, 2.24) is 4.90 Å². The Kier molecular flexibility index (Phi) is 4.25. The molecule has 1 aliphatic rings. The first-order valence-electron chi connectivity index (χ1n) is 6.40. The Hall–Kier alpha value is -1.27. The second kappa shape index (κ2) is 5.61. The Morgan fingerprint density at radius 3 is 2.70 bits per heavy atom. The highest BCUT2D eigenvalue weighted by molar-refractivity contribution is 7.91. The van der Waals surface area contributed by atoms with Crippen molar-refractivity contribution in [2.75, 3.05) is 23.8 Å². The molecule has 7 heteroatoms. The maximum atomic E-state index is 12.5. The first kappa shape index (κ1) is 15.1. The van der Waals surface area contributed by atoms with Gasteiger partial charge < -0.3 is 10.6 Å². The van der Waals surface area contributed by atoms with Crippen molar-refractivity contribution in [2.45, 2.75) is 19.4 Å². The van der Waals surface area contributed by atoms with Crippen LogP contribution >= 0.6 is 11.6 Å². The summed E-state index contributed by atoms with van der Waals surface area (Å²) in [5.74, 6) is -0.0822. The molecule has 0 bridgehead atoms. The minimum atomic E-state index is -3.03. The average molecular weight is 317 g/mol. The fourth-order valence-electron chi connectivity index (χ4n) is 2.47. The predicted molar refractivity (Wildman–Crippen MR) is 79.6 cm³/mol. The highest BCUT2D eigenvalue weighted by atomic mass is 35.5. The summed E-state index contributed by atoms with van der Waals surface area (Å²) in [5, 5.41) is 0.463. The summed E-state index contributed by atoms with van der Waals surface area (Å²) in [5.41, 5.74) is 6.49. The number of amides is 1. The normalized spacial score (nSPS) is 20.8. The number of hydrogen-bond acceptors (Lipinski definition) is 4. The lowest BCUT2D eigenvalue weighted by atomic mass is 10.1. The molecule has 20 heavy (non-hydrogen) atoms. The van der Waals surface area contributed by atoms with Crippen LogP contribution in [0.25, 0.3) is 0 Å². The number of nitrogen functional groups attached to an aromatic ring is 1. The summed E-state index contributed by atoms with van der Waals surface area (Å²) >= 11 is 5.82. The Bertz CT molecular complexity index is 631. The maximum absolute atomic E-state index is 12.5. The molecule has 1 amide bonds. The minimum Gasteiger partial charge on any atom is -0.398 e. The third-order valence-electron chi connectivity index (χ3n) is 3.49. The molecule has 0 saturated carbocycles. The molecular formula is C13H17ClN2O3S. The van der Waals surface area contributed by atoms with E-state index >= 15 is 0 Å². The number of hydrogen-bond donors (Lipinski definition) is 1. The summed E-state index contributed by atoms with van der Waals surface area (Å²) in [6, 6.07) is 4.43. The number of rotatable bonds is 3. The van der Waals surface area contributed by atoms with E-state index in [9.17, 15) is 13.2 Å². The van der Waals surface area contributed by atoms with Crippen LogP contribution in [0.4, 0.5) is 5.69 Å². The van der Waals surface area contributed by atoms with Crippen molar-refractivity contribution in [3.8, 4) is 0 Å². The fourth-order valence-corrected chi connectivity index (χ4v) is 4.38. The molecule has 0 spiro atoms. The molecule has 1 atom stereocenters. The molecular weight excluding hydrogens is 300 g/mol. The average Bonchev–Trinajstić information content (AvgIpc) is 2.70. The third-order valence-corrected chi connectivity index (χ3v) is 5.48. The number of benzene rings is 1. The van der Waals surface area contributed by atoms with Crippen molar-refractivity contribution in [3.05, 3.63) is 28.8 Å². The Labute approximate surface area is 123 Å². The number of carbonyl (C=O) groups is 1. The monoisotopic (exact) mass is 316 g/mol. The minimum absolute atomic E-state index is 0.0279. The summed E-state index contributed by atoms with van der Waals surface area (Å²) < 4.78 is 23.1. The molecule has 1 fully saturated rings. The van der Waals surface area contributed by atoms with Crippen LogP contribution in [-0.4, -0.2) is 43.3 Å². The Morgan fingerprint density at radius 1 is 1.50 bits per heavy atom. The van der Waals surface area contributed by atoms with Crippen LogP contribution < -0.4 is 5.73 Å². The van der Waals surface area contributed by atoms with E-state index in [0.29, 0.717) is 29.2 Å².